The van der Waals surface area contributed by atoms with E-state index in [4.69, 9.17) is 10.5 Å². The number of nitrogens with two attached hydrogens (primary N) is 1. The van der Waals surface area contributed by atoms with Gasteiger partial charge in [0, 0.05) is 12.1 Å². The van der Waals surface area contributed by atoms with Crippen molar-refractivity contribution in [2.45, 2.75) is 13.3 Å². The van der Waals surface area contributed by atoms with Crippen molar-refractivity contribution in [3.05, 3.63) is 23.8 Å². The molecule has 0 aliphatic heterocycles. The number of hydrogen-bond donors (Lipinski definition) is 1. The van der Waals surface area contributed by atoms with Gasteiger partial charge >= 0.3 is 0 Å². The van der Waals surface area contributed by atoms with Crippen molar-refractivity contribution in [3.8, 4) is 5.75 Å². The number of nitrogen functional groups attached to an aromatic ring is 1. The Bertz CT molecular complexity index is 302. The minimum absolute atomic E-state index is 0.000694. The minimum atomic E-state index is -0.763. The number of rotatable bonds is 3. The van der Waals surface area contributed by atoms with Gasteiger partial charge in [0.1, 0.15) is 5.82 Å². The van der Waals surface area contributed by atoms with E-state index in [-0.39, 0.29) is 11.4 Å². The first-order chi connectivity index (χ1) is 6.15. The van der Waals surface area contributed by atoms with Crippen LogP contribution < -0.4 is 10.5 Å². The van der Waals surface area contributed by atoms with E-state index >= 15 is 0 Å². The van der Waals surface area contributed by atoms with Crippen molar-refractivity contribution in [1.82, 2.24) is 0 Å². The topological polar surface area (TPSA) is 35.2 Å². The molecule has 0 unspecified atom stereocenters. The van der Waals surface area contributed by atoms with Crippen molar-refractivity contribution in [1.29, 1.82) is 0 Å². The molecular formula is C9H11F2NO. The summed E-state index contributed by atoms with van der Waals surface area (Å²) >= 11 is 0. The Morgan fingerprint density at radius 1 is 1.31 bits per heavy atom. The van der Waals surface area contributed by atoms with Crippen LogP contribution in [0.1, 0.15) is 13.3 Å². The number of hydrogen-bond acceptors (Lipinski definition) is 2. The maximum Gasteiger partial charge on any atom is 0.168 e. The Morgan fingerprint density at radius 2 is 2.00 bits per heavy atom. The molecule has 0 radical (unpaired) electrons. The van der Waals surface area contributed by atoms with Crippen LogP contribution in [0, 0.1) is 11.6 Å². The SMILES string of the molecule is CCCOc1cc(N)c(F)cc1F. The predicted molar refractivity (Wildman–Crippen MR) is 46.6 cm³/mol. The third-order valence-corrected chi connectivity index (χ3v) is 1.51. The summed E-state index contributed by atoms with van der Waals surface area (Å²) in [6, 6.07) is 1.88. The molecule has 0 amide bonds. The Balaban J connectivity index is 2.88. The molecule has 0 saturated heterocycles. The third kappa shape index (κ3) is 2.31. The summed E-state index contributed by atoms with van der Waals surface area (Å²) in [5.41, 5.74) is 5.14. The van der Waals surface area contributed by atoms with Crippen molar-refractivity contribution in [2.24, 2.45) is 0 Å². The molecule has 2 nitrogen and oxygen atoms in total. The van der Waals surface area contributed by atoms with Crippen LogP contribution in [0.25, 0.3) is 0 Å². The zero-order valence-electron chi connectivity index (χ0n) is 7.31. The summed E-state index contributed by atoms with van der Waals surface area (Å²) in [4.78, 5) is 0. The monoisotopic (exact) mass is 187 g/mol. The van der Waals surface area contributed by atoms with Crippen molar-refractivity contribution >= 4 is 5.69 Å². The molecule has 0 aliphatic rings. The van der Waals surface area contributed by atoms with Gasteiger partial charge in [0.05, 0.1) is 12.3 Å². The van der Waals surface area contributed by atoms with E-state index in [0.717, 1.165) is 18.6 Å². The highest BCUT2D eigenvalue weighted by molar-refractivity contribution is 5.46. The second-order valence-corrected chi connectivity index (χ2v) is 2.65. The molecule has 0 bridgehead atoms. The minimum Gasteiger partial charge on any atom is -0.490 e. The Kier molecular flexibility index (Phi) is 3.06. The Morgan fingerprint density at radius 3 is 2.62 bits per heavy atom. The molecule has 1 aromatic rings. The molecule has 0 aliphatic carbocycles. The van der Waals surface area contributed by atoms with Crippen LogP contribution in [-0.2, 0) is 0 Å². The lowest BCUT2D eigenvalue weighted by Gasteiger charge is -2.06. The molecule has 13 heavy (non-hydrogen) atoms. The van der Waals surface area contributed by atoms with Crippen molar-refractivity contribution in [2.75, 3.05) is 12.3 Å². The molecule has 2 N–H and O–H groups in total. The lowest BCUT2D eigenvalue weighted by atomic mass is 10.3. The molecule has 0 atom stereocenters. The number of benzene rings is 1. The fourth-order valence-corrected chi connectivity index (χ4v) is 0.867. The van der Waals surface area contributed by atoms with Crippen LogP contribution in [0.4, 0.5) is 14.5 Å². The summed E-state index contributed by atoms with van der Waals surface area (Å²) in [6.07, 6.45) is 0.761. The zero-order chi connectivity index (χ0) is 9.84. The zero-order valence-corrected chi connectivity index (χ0v) is 7.31. The van der Waals surface area contributed by atoms with Gasteiger partial charge in [-0.1, -0.05) is 6.92 Å². The number of ether oxygens (including phenoxy) is 1. The number of anilines is 1. The third-order valence-electron chi connectivity index (χ3n) is 1.51. The largest absolute Gasteiger partial charge is 0.490 e. The molecule has 72 valence electrons. The summed E-state index contributed by atoms with van der Waals surface area (Å²) < 4.78 is 30.6. The summed E-state index contributed by atoms with van der Waals surface area (Å²) in [7, 11) is 0. The highest BCUT2D eigenvalue weighted by Crippen LogP contribution is 2.23. The van der Waals surface area contributed by atoms with Gasteiger partial charge in [0.2, 0.25) is 0 Å². The molecule has 0 spiro atoms. The van der Waals surface area contributed by atoms with Gasteiger partial charge in [-0.2, -0.15) is 0 Å². The van der Waals surface area contributed by atoms with Crippen LogP contribution in [0.3, 0.4) is 0 Å². The van der Waals surface area contributed by atoms with Gasteiger partial charge < -0.3 is 10.5 Å². The molecule has 0 heterocycles. The first-order valence-corrected chi connectivity index (χ1v) is 4.02. The van der Waals surface area contributed by atoms with E-state index in [0.29, 0.717) is 6.61 Å². The molecule has 0 fully saturated rings. The second kappa shape index (κ2) is 4.07. The van der Waals surface area contributed by atoms with Gasteiger partial charge in [0.25, 0.3) is 0 Å². The lowest BCUT2D eigenvalue weighted by molar-refractivity contribution is 0.300. The van der Waals surface area contributed by atoms with Crippen molar-refractivity contribution in [3.63, 3.8) is 0 Å². The summed E-state index contributed by atoms with van der Waals surface area (Å²) in [5, 5.41) is 0. The first-order valence-electron chi connectivity index (χ1n) is 4.02. The predicted octanol–water partition coefficient (Wildman–Crippen LogP) is 2.34. The maximum absolute atomic E-state index is 12.9. The van der Waals surface area contributed by atoms with Crippen molar-refractivity contribution < 1.29 is 13.5 Å². The van der Waals surface area contributed by atoms with Crippen LogP contribution in [0.15, 0.2) is 12.1 Å². The van der Waals surface area contributed by atoms with Gasteiger partial charge in [0.15, 0.2) is 11.6 Å². The smallest absolute Gasteiger partial charge is 0.168 e. The Labute approximate surface area is 75.3 Å². The van der Waals surface area contributed by atoms with E-state index in [9.17, 15) is 8.78 Å². The van der Waals surface area contributed by atoms with E-state index in [1.165, 1.54) is 0 Å². The second-order valence-electron chi connectivity index (χ2n) is 2.65. The fraction of sp³-hybridized carbons (Fsp3) is 0.333. The lowest BCUT2D eigenvalue weighted by Crippen LogP contribution is -2.00. The normalized spacial score (nSPS) is 10.1. The van der Waals surface area contributed by atoms with Gasteiger partial charge in [-0.05, 0) is 6.42 Å². The molecule has 0 saturated carbocycles. The number of halogens is 2. The quantitative estimate of drug-likeness (QED) is 0.737. The van der Waals surface area contributed by atoms with Gasteiger partial charge in [-0.25, -0.2) is 8.78 Å². The average molecular weight is 187 g/mol. The van der Waals surface area contributed by atoms with Gasteiger partial charge in [-0.15, -0.1) is 0 Å². The average Bonchev–Trinajstić information content (AvgIpc) is 2.09. The molecule has 1 aromatic carbocycles. The molecular weight excluding hydrogens is 176 g/mol. The highest BCUT2D eigenvalue weighted by Gasteiger charge is 2.07. The maximum atomic E-state index is 12.9. The van der Waals surface area contributed by atoms with E-state index in [1.54, 1.807) is 0 Å². The van der Waals surface area contributed by atoms with Crippen LogP contribution >= 0.6 is 0 Å². The van der Waals surface area contributed by atoms with Crippen LogP contribution in [0.5, 0.6) is 5.75 Å². The fourth-order valence-electron chi connectivity index (χ4n) is 0.867. The summed E-state index contributed by atoms with van der Waals surface area (Å²) in [6.45, 7) is 2.28. The molecule has 1 rings (SSSR count). The van der Waals surface area contributed by atoms with E-state index < -0.39 is 11.6 Å². The Hall–Kier alpha value is -1.32. The van der Waals surface area contributed by atoms with E-state index in [2.05, 4.69) is 0 Å². The molecule has 4 heteroatoms. The standard InChI is InChI=1S/C9H11F2NO/c1-2-3-13-9-5-8(12)6(10)4-7(9)11/h4-5H,2-3,12H2,1H3. The summed E-state index contributed by atoms with van der Waals surface area (Å²) in [5.74, 6) is -1.48. The first kappa shape index (κ1) is 9.77. The van der Waals surface area contributed by atoms with Crippen LogP contribution in [0.2, 0.25) is 0 Å². The van der Waals surface area contributed by atoms with Gasteiger partial charge in [-0.3, -0.25) is 0 Å². The highest BCUT2D eigenvalue weighted by atomic mass is 19.1. The van der Waals surface area contributed by atoms with E-state index in [1.807, 2.05) is 6.92 Å². The molecule has 0 aromatic heterocycles. The van der Waals surface area contributed by atoms with Crippen LogP contribution in [-0.4, -0.2) is 6.61 Å².